The zero-order valence-corrected chi connectivity index (χ0v) is 15.4. The largest absolute Gasteiger partial charge is 0.380 e. The molecule has 1 amide bonds. The maximum atomic E-state index is 14.6. The molecule has 0 spiro atoms. The van der Waals surface area contributed by atoms with Gasteiger partial charge < -0.3 is 26.4 Å². The van der Waals surface area contributed by atoms with Crippen molar-refractivity contribution in [2.45, 2.75) is 25.4 Å². The summed E-state index contributed by atoms with van der Waals surface area (Å²) in [6, 6.07) is 8.67. The maximum Gasteiger partial charge on any atom is 0.252 e. The van der Waals surface area contributed by atoms with Crippen LogP contribution in [0.3, 0.4) is 0 Å². The number of carbonyl (C=O) groups excluding carboxylic acids is 1. The minimum atomic E-state index is -0.748. The first-order valence-electron chi connectivity index (χ1n) is 8.83. The molecule has 1 aliphatic heterocycles. The van der Waals surface area contributed by atoms with Gasteiger partial charge in [-0.05, 0) is 44.2 Å². The molecule has 0 saturated carbocycles. The summed E-state index contributed by atoms with van der Waals surface area (Å²) in [6.45, 7) is 3.07. The third kappa shape index (κ3) is 4.53. The molecule has 0 radical (unpaired) electrons. The van der Waals surface area contributed by atoms with Crippen LogP contribution in [0.2, 0.25) is 0 Å². The van der Waals surface area contributed by atoms with Gasteiger partial charge in [0, 0.05) is 18.3 Å². The lowest BCUT2D eigenvalue weighted by molar-refractivity contribution is 0.0656. The predicted molar refractivity (Wildman–Crippen MR) is 103 cm³/mol. The standard InChI is InChI=1S/C19H24FN5O2/c1-11-4-3-5-12(8-11)23-18-13(17(21)26)9-14(20)19(25-18)24-15-6-7-27-10-16(15)22-2/h3-5,8-9,15-16,22H,6-7,10H2,1-2H3,(H2,21,26)(H2,23,24,25). The highest BCUT2D eigenvalue weighted by Crippen LogP contribution is 2.25. The molecule has 1 aromatic carbocycles. The van der Waals surface area contributed by atoms with Gasteiger partial charge in [-0.1, -0.05) is 12.1 Å². The number of hydrogen-bond donors (Lipinski definition) is 4. The second-order valence-electron chi connectivity index (χ2n) is 6.58. The maximum absolute atomic E-state index is 14.6. The van der Waals surface area contributed by atoms with Crippen molar-refractivity contribution in [2.75, 3.05) is 30.9 Å². The molecule has 1 aliphatic rings. The summed E-state index contributed by atoms with van der Waals surface area (Å²) in [5.41, 5.74) is 7.19. The zero-order chi connectivity index (χ0) is 19.4. The molecule has 1 aromatic heterocycles. The number of rotatable bonds is 6. The number of likely N-dealkylation sites (N-methyl/N-ethyl adjacent to an activating group) is 1. The third-order valence-corrected chi connectivity index (χ3v) is 4.57. The number of aryl methyl sites for hydroxylation is 1. The van der Waals surface area contributed by atoms with Crippen molar-refractivity contribution in [3.8, 4) is 0 Å². The number of carbonyl (C=O) groups is 1. The Morgan fingerprint density at radius 1 is 1.30 bits per heavy atom. The van der Waals surface area contributed by atoms with Crippen molar-refractivity contribution >= 4 is 23.2 Å². The van der Waals surface area contributed by atoms with Crippen molar-refractivity contribution in [1.82, 2.24) is 10.3 Å². The van der Waals surface area contributed by atoms with E-state index in [1.165, 1.54) is 0 Å². The van der Waals surface area contributed by atoms with Gasteiger partial charge in [-0.25, -0.2) is 9.37 Å². The highest BCUT2D eigenvalue weighted by Gasteiger charge is 2.26. The number of ether oxygens (including phenoxy) is 1. The smallest absolute Gasteiger partial charge is 0.252 e. The van der Waals surface area contributed by atoms with E-state index in [0.717, 1.165) is 17.3 Å². The molecule has 1 saturated heterocycles. The van der Waals surface area contributed by atoms with Gasteiger partial charge in [0.2, 0.25) is 0 Å². The lowest BCUT2D eigenvalue weighted by Crippen LogP contribution is -2.49. The molecular formula is C19H24FN5O2. The van der Waals surface area contributed by atoms with Crippen LogP contribution in [0.1, 0.15) is 22.3 Å². The average molecular weight is 373 g/mol. The van der Waals surface area contributed by atoms with Crippen LogP contribution < -0.4 is 21.7 Å². The van der Waals surface area contributed by atoms with Gasteiger partial charge in [0.15, 0.2) is 11.6 Å². The van der Waals surface area contributed by atoms with E-state index in [-0.39, 0.29) is 29.3 Å². The van der Waals surface area contributed by atoms with E-state index in [1.54, 1.807) is 0 Å². The van der Waals surface area contributed by atoms with Crippen LogP contribution in [0.15, 0.2) is 30.3 Å². The molecule has 2 atom stereocenters. The Hall–Kier alpha value is -2.71. The van der Waals surface area contributed by atoms with Crippen molar-refractivity contribution in [3.05, 3.63) is 47.3 Å². The quantitative estimate of drug-likeness (QED) is 0.619. The molecule has 2 unspecified atom stereocenters. The van der Waals surface area contributed by atoms with E-state index >= 15 is 0 Å². The first kappa shape index (κ1) is 19.1. The number of primary amides is 1. The fraction of sp³-hybridized carbons (Fsp3) is 0.368. The van der Waals surface area contributed by atoms with Crippen LogP contribution in [0.5, 0.6) is 0 Å². The van der Waals surface area contributed by atoms with Crippen LogP contribution >= 0.6 is 0 Å². The molecule has 0 aliphatic carbocycles. The summed E-state index contributed by atoms with van der Waals surface area (Å²) >= 11 is 0. The van der Waals surface area contributed by atoms with Crippen LogP contribution in [0.25, 0.3) is 0 Å². The Labute approximate surface area is 157 Å². The lowest BCUT2D eigenvalue weighted by Gasteiger charge is -2.32. The Morgan fingerprint density at radius 3 is 2.81 bits per heavy atom. The summed E-state index contributed by atoms with van der Waals surface area (Å²) in [4.78, 5) is 16.1. The number of aromatic nitrogens is 1. The molecule has 3 rings (SSSR count). The van der Waals surface area contributed by atoms with Crippen molar-refractivity contribution in [2.24, 2.45) is 5.73 Å². The summed E-state index contributed by atoms with van der Waals surface area (Å²) in [7, 11) is 1.83. The molecule has 8 heteroatoms. The average Bonchev–Trinajstić information content (AvgIpc) is 2.64. The fourth-order valence-corrected chi connectivity index (χ4v) is 3.10. The minimum Gasteiger partial charge on any atom is -0.380 e. The fourth-order valence-electron chi connectivity index (χ4n) is 3.10. The van der Waals surface area contributed by atoms with Crippen molar-refractivity contribution in [3.63, 3.8) is 0 Å². The second kappa shape index (κ2) is 8.32. The number of nitrogens with one attached hydrogen (secondary N) is 3. The van der Waals surface area contributed by atoms with Crippen molar-refractivity contribution in [1.29, 1.82) is 0 Å². The van der Waals surface area contributed by atoms with E-state index in [0.29, 0.717) is 19.6 Å². The Kier molecular flexibility index (Phi) is 5.88. The third-order valence-electron chi connectivity index (χ3n) is 4.57. The highest BCUT2D eigenvalue weighted by molar-refractivity contribution is 5.98. The van der Waals surface area contributed by atoms with Gasteiger partial charge in [-0.15, -0.1) is 0 Å². The number of halogens is 1. The Bertz CT molecular complexity index is 830. The molecule has 5 N–H and O–H groups in total. The first-order chi connectivity index (χ1) is 13.0. The summed E-state index contributed by atoms with van der Waals surface area (Å²) in [6.07, 6.45) is 0.713. The van der Waals surface area contributed by atoms with Gasteiger partial charge in [0.1, 0.15) is 5.82 Å². The summed E-state index contributed by atoms with van der Waals surface area (Å²) in [5.74, 6) is -1.09. The molecular weight excluding hydrogens is 349 g/mol. The molecule has 27 heavy (non-hydrogen) atoms. The molecule has 144 valence electrons. The lowest BCUT2D eigenvalue weighted by atomic mass is 10.0. The highest BCUT2D eigenvalue weighted by atomic mass is 19.1. The number of pyridine rings is 1. The SMILES string of the molecule is CNC1COCCC1Nc1nc(Nc2cccc(C)c2)c(C(N)=O)cc1F. The van der Waals surface area contributed by atoms with E-state index in [4.69, 9.17) is 10.5 Å². The number of anilines is 3. The van der Waals surface area contributed by atoms with Gasteiger partial charge in [-0.2, -0.15) is 0 Å². The second-order valence-corrected chi connectivity index (χ2v) is 6.58. The van der Waals surface area contributed by atoms with Gasteiger partial charge in [-0.3, -0.25) is 4.79 Å². The van der Waals surface area contributed by atoms with Crippen LogP contribution in [0.4, 0.5) is 21.7 Å². The normalized spacial score (nSPS) is 19.5. The number of benzene rings is 1. The van der Waals surface area contributed by atoms with Gasteiger partial charge >= 0.3 is 0 Å². The van der Waals surface area contributed by atoms with Crippen molar-refractivity contribution < 1.29 is 13.9 Å². The monoisotopic (exact) mass is 373 g/mol. The summed E-state index contributed by atoms with van der Waals surface area (Å²) in [5, 5.41) is 9.36. The zero-order valence-electron chi connectivity index (χ0n) is 15.4. The molecule has 2 heterocycles. The number of hydrogen-bond acceptors (Lipinski definition) is 6. The Balaban J connectivity index is 1.91. The van der Waals surface area contributed by atoms with E-state index in [1.807, 2.05) is 38.2 Å². The van der Waals surface area contributed by atoms with E-state index in [2.05, 4.69) is 20.9 Å². The Morgan fingerprint density at radius 2 is 2.11 bits per heavy atom. The number of nitrogens with zero attached hydrogens (tertiary/aromatic N) is 1. The van der Waals surface area contributed by atoms with Gasteiger partial charge in [0.25, 0.3) is 5.91 Å². The van der Waals surface area contributed by atoms with E-state index in [9.17, 15) is 9.18 Å². The topological polar surface area (TPSA) is 101 Å². The van der Waals surface area contributed by atoms with Crippen LogP contribution in [0, 0.1) is 12.7 Å². The van der Waals surface area contributed by atoms with Crippen LogP contribution in [-0.2, 0) is 4.74 Å². The molecule has 0 bridgehead atoms. The minimum absolute atomic E-state index is 0.00306. The predicted octanol–water partition coefficient (Wildman–Crippen LogP) is 2.16. The molecule has 2 aromatic rings. The first-order valence-corrected chi connectivity index (χ1v) is 8.83. The van der Waals surface area contributed by atoms with Crippen LogP contribution in [-0.4, -0.2) is 43.2 Å². The van der Waals surface area contributed by atoms with E-state index < -0.39 is 11.7 Å². The molecule has 7 nitrogen and oxygen atoms in total. The molecule has 1 fully saturated rings. The van der Waals surface area contributed by atoms with Gasteiger partial charge in [0.05, 0.1) is 18.2 Å². The summed E-state index contributed by atoms with van der Waals surface area (Å²) < 4.78 is 20.0. The number of amides is 1. The number of nitrogens with two attached hydrogens (primary N) is 1.